The summed E-state index contributed by atoms with van der Waals surface area (Å²) in [6.07, 6.45) is 0. The lowest BCUT2D eigenvalue weighted by Crippen LogP contribution is -2.12. The third-order valence-corrected chi connectivity index (χ3v) is 4.09. The quantitative estimate of drug-likeness (QED) is 0.782. The first-order chi connectivity index (χ1) is 7.99. The van der Waals surface area contributed by atoms with Crippen molar-refractivity contribution in [3.63, 3.8) is 0 Å². The van der Waals surface area contributed by atoms with Crippen LogP contribution in [-0.2, 0) is 6.54 Å². The number of Topliss-reactive ketones (excluding diaryl/α,β-unsaturated/α-hetero) is 1. The van der Waals surface area contributed by atoms with Crippen molar-refractivity contribution in [3.05, 3.63) is 38.8 Å². The second kappa shape index (κ2) is 4.45. The fourth-order valence-electron chi connectivity index (χ4n) is 1.74. The number of carbonyl (C=O) groups is 1. The molecule has 0 unspecified atom stereocenters. The first kappa shape index (κ1) is 12.0. The Morgan fingerprint density at radius 2 is 2.00 bits per heavy atom. The first-order valence-corrected chi connectivity index (χ1v) is 6.41. The van der Waals surface area contributed by atoms with Gasteiger partial charge < -0.3 is 0 Å². The van der Waals surface area contributed by atoms with E-state index < -0.39 is 0 Å². The third-order valence-electron chi connectivity index (χ3n) is 3.05. The average molecular weight is 248 g/mol. The summed E-state index contributed by atoms with van der Waals surface area (Å²) in [5.41, 5.74) is 3.24. The van der Waals surface area contributed by atoms with Crippen molar-refractivity contribution >= 4 is 17.1 Å². The van der Waals surface area contributed by atoms with Gasteiger partial charge in [-0.1, -0.05) is 0 Å². The van der Waals surface area contributed by atoms with Gasteiger partial charge in [0.25, 0.3) is 0 Å². The Hall–Kier alpha value is -1.42. The van der Waals surface area contributed by atoms with Gasteiger partial charge in [-0.25, -0.2) is 0 Å². The van der Waals surface area contributed by atoms with Gasteiger partial charge in [0.1, 0.15) is 6.54 Å². The van der Waals surface area contributed by atoms with E-state index in [-0.39, 0.29) is 5.78 Å². The number of nitrogens with zero attached hydrogens (tertiary/aromatic N) is 2. The molecule has 0 saturated carbocycles. The number of thiophene rings is 1. The summed E-state index contributed by atoms with van der Waals surface area (Å²) in [6, 6.07) is 3.87. The molecule has 4 heteroatoms. The van der Waals surface area contributed by atoms with Crippen LogP contribution in [0.25, 0.3) is 0 Å². The Labute approximate surface area is 105 Å². The van der Waals surface area contributed by atoms with Gasteiger partial charge in [-0.3, -0.25) is 9.48 Å². The predicted octanol–water partition coefficient (Wildman–Crippen LogP) is 3.06. The molecule has 2 heterocycles. The molecule has 17 heavy (non-hydrogen) atoms. The fraction of sp³-hybridized carbons (Fsp3) is 0.385. The molecule has 90 valence electrons. The van der Waals surface area contributed by atoms with E-state index in [4.69, 9.17) is 0 Å². The predicted molar refractivity (Wildman–Crippen MR) is 69.8 cm³/mol. The van der Waals surface area contributed by atoms with Crippen molar-refractivity contribution in [1.82, 2.24) is 9.78 Å². The van der Waals surface area contributed by atoms with E-state index in [0.29, 0.717) is 6.54 Å². The van der Waals surface area contributed by atoms with Crippen molar-refractivity contribution in [2.45, 2.75) is 34.2 Å². The van der Waals surface area contributed by atoms with Crippen LogP contribution < -0.4 is 0 Å². The van der Waals surface area contributed by atoms with Gasteiger partial charge in [-0.15, -0.1) is 11.3 Å². The van der Waals surface area contributed by atoms with Gasteiger partial charge in [0.15, 0.2) is 5.78 Å². The van der Waals surface area contributed by atoms with Crippen LogP contribution in [0.2, 0.25) is 0 Å². The molecule has 0 saturated heterocycles. The molecule has 0 amide bonds. The Bertz CT molecular complexity index is 566. The maximum absolute atomic E-state index is 12.0. The molecule has 0 aliphatic rings. The number of hydrogen-bond acceptors (Lipinski definition) is 3. The van der Waals surface area contributed by atoms with E-state index in [1.54, 1.807) is 16.0 Å². The van der Waals surface area contributed by atoms with Crippen LogP contribution in [0.15, 0.2) is 12.1 Å². The Kier molecular flexibility index (Phi) is 3.15. The minimum Gasteiger partial charge on any atom is -0.291 e. The molecule has 0 spiro atoms. The zero-order chi connectivity index (χ0) is 12.6. The molecule has 2 rings (SSSR count). The van der Waals surface area contributed by atoms with Crippen LogP contribution in [0.5, 0.6) is 0 Å². The third kappa shape index (κ3) is 2.31. The van der Waals surface area contributed by atoms with Crippen LogP contribution in [0, 0.1) is 27.7 Å². The Morgan fingerprint density at radius 1 is 1.29 bits per heavy atom. The van der Waals surface area contributed by atoms with Crippen molar-refractivity contribution in [2.75, 3.05) is 0 Å². The number of carbonyl (C=O) groups excluding carboxylic acids is 1. The van der Waals surface area contributed by atoms with Crippen molar-refractivity contribution in [3.8, 4) is 0 Å². The molecule has 3 nitrogen and oxygen atoms in total. The zero-order valence-electron chi connectivity index (χ0n) is 10.6. The van der Waals surface area contributed by atoms with Crippen molar-refractivity contribution in [2.24, 2.45) is 0 Å². The lowest BCUT2D eigenvalue weighted by molar-refractivity contribution is 0.0970. The topological polar surface area (TPSA) is 34.9 Å². The molecule has 2 aromatic heterocycles. The Balaban J connectivity index is 2.21. The summed E-state index contributed by atoms with van der Waals surface area (Å²) in [6.45, 7) is 8.35. The summed E-state index contributed by atoms with van der Waals surface area (Å²) in [5, 5.41) is 4.38. The minimum atomic E-state index is 0.133. The van der Waals surface area contributed by atoms with Gasteiger partial charge in [-0.2, -0.15) is 5.10 Å². The van der Waals surface area contributed by atoms with E-state index in [9.17, 15) is 4.79 Å². The summed E-state index contributed by atoms with van der Waals surface area (Å²) < 4.78 is 1.79. The van der Waals surface area contributed by atoms with E-state index in [0.717, 1.165) is 21.1 Å². The Morgan fingerprint density at radius 3 is 2.47 bits per heavy atom. The highest BCUT2D eigenvalue weighted by molar-refractivity contribution is 7.14. The molecular weight excluding hydrogens is 232 g/mol. The van der Waals surface area contributed by atoms with Gasteiger partial charge in [-0.05, 0) is 45.4 Å². The maximum atomic E-state index is 12.0. The molecule has 0 bridgehead atoms. The normalized spacial score (nSPS) is 10.8. The highest BCUT2D eigenvalue weighted by atomic mass is 32.1. The summed E-state index contributed by atoms with van der Waals surface area (Å²) in [7, 11) is 0. The molecule has 0 aliphatic heterocycles. The largest absolute Gasteiger partial charge is 0.291 e. The minimum absolute atomic E-state index is 0.133. The van der Waals surface area contributed by atoms with Crippen LogP contribution in [-0.4, -0.2) is 15.6 Å². The van der Waals surface area contributed by atoms with E-state index >= 15 is 0 Å². The second-order valence-electron chi connectivity index (χ2n) is 4.29. The second-order valence-corrected chi connectivity index (χ2v) is 5.57. The lowest BCUT2D eigenvalue weighted by Gasteiger charge is -2.02. The number of hydrogen-bond donors (Lipinski definition) is 0. The van der Waals surface area contributed by atoms with Crippen molar-refractivity contribution < 1.29 is 4.79 Å². The molecule has 0 aromatic carbocycles. The van der Waals surface area contributed by atoms with Crippen LogP contribution in [0.3, 0.4) is 0 Å². The number of rotatable bonds is 3. The van der Waals surface area contributed by atoms with Gasteiger partial charge in [0.05, 0.1) is 10.6 Å². The molecule has 0 atom stereocenters. The van der Waals surface area contributed by atoms with Gasteiger partial charge >= 0.3 is 0 Å². The van der Waals surface area contributed by atoms with E-state index in [1.165, 1.54) is 5.56 Å². The van der Waals surface area contributed by atoms with Crippen LogP contribution >= 0.6 is 11.3 Å². The molecule has 2 aromatic rings. The number of ketones is 1. The highest BCUT2D eigenvalue weighted by Gasteiger charge is 2.13. The van der Waals surface area contributed by atoms with Crippen LogP contribution in [0.4, 0.5) is 0 Å². The SMILES string of the molecule is Cc1ccc(C(=O)Cn2nc(C)c(C)c2C)s1. The van der Waals surface area contributed by atoms with Gasteiger partial charge in [0.2, 0.25) is 0 Å². The molecule has 0 fully saturated rings. The number of aromatic nitrogens is 2. The molecule has 0 N–H and O–H groups in total. The fourth-order valence-corrected chi connectivity index (χ4v) is 2.54. The first-order valence-electron chi connectivity index (χ1n) is 5.59. The van der Waals surface area contributed by atoms with Gasteiger partial charge in [0, 0.05) is 10.6 Å². The summed E-state index contributed by atoms with van der Waals surface area (Å²) in [4.78, 5) is 14.0. The summed E-state index contributed by atoms with van der Waals surface area (Å²) >= 11 is 1.54. The monoisotopic (exact) mass is 248 g/mol. The van der Waals surface area contributed by atoms with Crippen molar-refractivity contribution in [1.29, 1.82) is 0 Å². The van der Waals surface area contributed by atoms with E-state index in [1.807, 2.05) is 39.8 Å². The molecule has 0 radical (unpaired) electrons. The highest BCUT2D eigenvalue weighted by Crippen LogP contribution is 2.17. The van der Waals surface area contributed by atoms with E-state index in [2.05, 4.69) is 5.10 Å². The summed E-state index contributed by atoms with van der Waals surface area (Å²) in [5.74, 6) is 0.133. The lowest BCUT2D eigenvalue weighted by atomic mass is 10.2. The average Bonchev–Trinajstić information content (AvgIpc) is 2.80. The smallest absolute Gasteiger partial charge is 0.194 e. The van der Waals surface area contributed by atoms with Crippen LogP contribution in [0.1, 0.15) is 31.5 Å². The standard InChI is InChI=1S/C13H16N2OS/c1-8-5-6-13(17-8)12(16)7-15-11(4)9(2)10(3)14-15/h5-6H,7H2,1-4H3. The number of aryl methyl sites for hydroxylation is 2. The molecule has 0 aliphatic carbocycles. The molecular formula is C13H16N2OS. The maximum Gasteiger partial charge on any atom is 0.194 e. The zero-order valence-corrected chi connectivity index (χ0v) is 11.4.